The molecular weight excluding hydrogens is 627 g/mol. The molecule has 0 aliphatic heterocycles. The molecule has 1 fully saturated rings. The molecule has 4 rings (SSSR count). The van der Waals surface area contributed by atoms with Crippen molar-refractivity contribution in [2.24, 2.45) is 0 Å². The Balaban J connectivity index is 1.60. The summed E-state index contributed by atoms with van der Waals surface area (Å²) in [5, 5.41) is 3.55. The van der Waals surface area contributed by atoms with Gasteiger partial charge in [0.2, 0.25) is 21.8 Å². The minimum Gasteiger partial charge on any atom is -0.352 e. The van der Waals surface area contributed by atoms with Gasteiger partial charge >= 0.3 is 6.18 Å². The molecule has 0 spiro atoms. The highest BCUT2D eigenvalue weighted by Gasteiger charge is 2.34. The molecular formula is C33H37ClF3N3O4S. The van der Waals surface area contributed by atoms with Gasteiger partial charge in [-0.1, -0.05) is 79.0 Å². The van der Waals surface area contributed by atoms with Crippen LogP contribution in [0.2, 0.25) is 5.02 Å². The molecule has 1 aliphatic carbocycles. The number of benzene rings is 3. The lowest BCUT2D eigenvalue weighted by Gasteiger charge is -2.33. The van der Waals surface area contributed by atoms with Gasteiger partial charge in [0.25, 0.3) is 0 Å². The zero-order chi connectivity index (χ0) is 32.6. The fourth-order valence-electron chi connectivity index (χ4n) is 5.57. The molecule has 45 heavy (non-hydrogen) atoms. The number of hydrogen-bond donors (Lipinski definition) is 1. The van der Waals surface area contributed by atoms with Gasteiger partial charge in [-0.3, -0.25) is 13.9 Å². The Morgan fingerprint density at radius 2 is 1.64 bits per heavy atom. The number of rotatable bonds is 13. The average Bonchev–Trinajstić information content (AvgIpc) is 3.50. The molecule has 1 aliphatic rings. The van der Waals surface area contributed by atoms with E-state index < -0.39 is 33.7 Å². The van der Waals surface area contributed by atoms with Crippen molar-refractivity contribution in [3.63, 3.8) is 0 Å². The molecule has 2 amide bonds. The Kier molecular flexibility index (Phi) is 11.5. The Bertz CT molecular complexity index is 1560. The number of alkyl halides is 3. The van der Waals surface area contributed by atoms with E-state index in [1.807, 2.05) is 30.3 Å². The Hall–Kier alpha value is -3.57. The second-order valence-corrected chi connectivity index (χ2v) is 13.6. The van der Waals surface area contributed by atoms with Crippen molar-refractivity contribution in [1.82, 2.24) is 10.2 Å². The highest BCUT2D eigenvalue weighted by atomic mass is 35.5. The van der Waals surface area contributed by atoms with Crippen LogP contribution in [0, 0.1) is 0 Å². The van der Waals surface area contributed by atoms with Crippen molar-refractivity contribution in [2.75, 3.05) is 17.1 Å². The van der Waals surface area contributed by atoms with Crippen molar-refractivity contribution >= 4 is 39.1 Å². The highest BCUT2D eigenvalue weighted by Crippen LogP contribution is 2.32. The Morgan fingerprint density at radius 3 is 2.29 bits per heavy atom. The molecule has 12 heteroatoms. The van der Waals surface area contributed by atoms with Gasteiger partial charge in [0, 0.05) is 37.0 Å². The highest BCUT2D eigenvalue weighted by molar-refractivity contribution is 7.92. The van der Waals surface area contributed by atoms with Gasteiger partial charge in [-0.05, 0) is 54.7 Å². The number of halogens is 4. The lowest BCUT2D eigenvalue weighted by molar-refractivity contribution is -0.141. The normalized spacial score (nSPS) is 14.6. The van der Waals surface area contributed by atoms with Crippen molar-refractivity contribution in [3.8, 4) is 0 Å². The van der Waals surface area contributed by atoms with Crippen LogP contribution < -0.4 is 9.62 Å². The minimum atomic E-state index is -4.65. The summed E-state index contributed by atoms with van der Waals surface area (Å²) in [7, 11) is -3.98. The Labute approximate surface area is 267 Å². The molecule has 0 unspecified atom stereocenters. The standard InChI is InChI=1S/C33H37ClF3N3O4S/c1-45(43,44)40(28-17-9-14-26(22-28)33(35,36)37)20-10-19-31(41)39(23-25-13-5-8-18-29(25)34)30(21-24-11-3-2-4-12-24)32(42)38-27-15-6-7-16-27/h2-5,8-9,11-14,17-18,22,27,30H,6-7,10,15-16,19-21,23H2,1H3,(H,38,42)/t30-/m1/s1. The Morgan fingerprint density at radius 1 is 0.978 bits per heavy atom. The molecule has 3 aromatic rings. The molecule has 7 nitrogen and oxygen atoms in total. The summed E-state index contributed by atoms with van der Waals surface area (Å²) in [6.07, 6.45) is 0.0935. The van der Waals surface area contributed by atoms with E-state index in [0.29, 0.717) is 10.6 Å². The summed E-state index contributed by atoms with van der Waals surface area (Å²) in [5.41, 5.74) is 0.369. The van der Waals surface area contributed by atoms with Crippen LogP contribution in [0.1, 0.15) is 55.2 Å². The van der Waals surface area contributed by atoms with E-state index in [2.05, 4.69) is 5.32 Å². The molecule has 3 aromatic carbocycles. The van der Waals surface area contributed by atoms with E-state index in [1.165, 1.54) is 11.0 Å². The molecule has 0 saturated heterocycles. The topological polar surface area (TPSA) is 86.8 Å². The lowest BCUT2D eigenvalue weighted by Crippen LogP contribution is -2.52. The third-order valence-corrected chi connectivity index (χ3v) is 9.45. The molecule has 0 radical (unpaired) electrons. The van der Waals surface area contributed by atoms with E-state index in [0.717, 1.165) is 60.0 Å². The summed E-state index contributed by atoms with van der Waals surface area (Å²) in [6, 6.07) is 19.6. The molecule has 0 bridgehead atoms. The first-order valence-electron chi connectivity index (χ1n) is 14.8. The van der Waals surface area contributed by atoms with Crippen LogP contribution in [0.15, 0.2) is 78.9 Å². The molecule has 0 heterocycles. The summed E-state index contributed by atoms with van der Waals surface area (Å²) in [5.74, 6) is -0.692. The van der Waals surface area contributed by atoms with E-state index in [-0.39, 0.29) is 50.0 Å². The third-order valence-electron chi connectivity index (χ3n) is 7.88. The molecule has 1 atom stereocenters. The van der Waals surface area contributed by atoms with Gasteiger partial charge in [0.1, 0.15) is 6.04 Å². The monoisotopic (exact) mass is 663 g/mol. The lowest BCUT2D eigenvalue weighted by atomic mass is 10.0. The number of anilines is 1. The summed E-state index contributed by atoms with van der Waals surface area (Å²) in [4.78, 5) is 29.3. The number of nitrogens with zero attached hydrogens (tertiary/aromatic N) is 2. The number of carbonyl (C=O) groups is 2. The first kappa shape index (κ1) is 34.3. The van der Waals surface area contributed by atoms with E-state index in [1.54, 1.807) is 24.3 Å². The third kappa shape index (κ3) is 9.71. The van der Waals surface area contributed by atoms with Crippen molar-refractivity contribution in [1.29, 1.82) is 0 Å². The van der Waals surface area contributed by atoms with Crippen LogP contribution in [-0.4, -0.2) is 50.0 Å². The summed E-state index contributed by atoms with van der Waals surface area (Å²) >= 11 is 6.47. The number of sulfonamides is 1. The maximum absolute atomic E-state index is 14.0. The maximum Gasteiger partial charge on any atom is 0.416 e. The van der Waals surface area contributed by atoms with Crippen LogP contribution in [0.4, 0.5) is 18.9 Å². The fraction of sp³-hybridized carbons (Fsp3) is 0.394. The largest absolute Gasteiger partial charge is 0.416 e. The quantitative estimate of drug-likeness (QED) is 0.223. The zero-order valence-corrected chi connectivity index (χ0v) is 26.5. The van der Waals surface area contributed by atoms with Crippen LogP contribution in [0.5, 0.6) is 0 Å². The first-order chi connectivity index (χ1) is 21.3. The van der Waals surface area contributed by atoms with Crippen LogP contribution in [-0.2, 0) is 38.8 Å². The number of hydrogen-bond acceptors (Lipinski definition) is 4. The van der Waals surface area contributed by atoms with Gasteiger partial charge in [0.15, 0.2) is 0 Å². The fourth-order valence-corrected chi connectivity index (χ4v) is 6.73. The van der Waals surface area contributed by atoms with E-state index in [4.69, 9.17) is 11.6 Å². The van der Waals surface area contributed by atoms with Gasteiger partial charge in [-0.2, -0.15) is 13.2 Å². The molecule has 1 saturated carbocycles. The van der Waals surface area contributed by atoms with Crippen LogP contribution >= 0.6 is 11.6 Å². The summed E-state index contributed by atoms with van der Waals surface area (Å²) in [6.45, 7) is -0.194. The number of nitrogens with one attached hydrogen (secondary N) is 1. The van der Waals surface area contributed by atoms with Crippen molar-refractivity contribution in [3.05, 3.63) is 101 Å². The van der Waals surface area contributed by atoms with Crippen LogP contribution in [0.25, 0.3) is 0 Å². The first-order valence-corrected chi connectivity index (χ1v) is 17.1. The predicted octanol–water partition coefficient (Wildman–Crippen LogP) is 6.60. The second kappa shape index (κ2) is 15.1. The van der Waals surface area contributed by atoms with Gasteiger partial charge in [0.05, 0.1) is 17.5 Å². The molecule has 1 N–H and O–H groups in total. The van der Waals surface area contributed by atoms with E-state index >= 15 is 0 Å². The van der Waals surface area contributed by atoms with E-state index in [9.17, 15) is 31.2 Å². The SMILES string of the molecule is CS(=O)(=O)N(CCCC(=O)N(Cc1ccccc1Cl)[C@H](Cc1ccccc1)C(=O)NC1CCCC1)c1cccc(C(F)(F)F)c1. The average molecular weight is 664 g/mol. The second-order valence-electron chi connectivity index (χ2n) is 11.3. The zero-order valence-electron chi connectivity index (χ0n) is 25.0. The van der Waals surface area contributed by atoms with Gasteiger partial charge < -0.3 is 10.2 Å². The maximum atomic E-state index is 14.0. The molecule has 0 aromatic heterocycles. The molecule has 242 valence electrons. The minimum absolute atomic E-state index is 0.00344. The van der Waals surface area contributed by atoms with Gasteiger partial charge in [-0.15, -0.1) is 0 Å². The van der Waals surface area contributed by atoms with Crippen molar-refractivity contribution < 1.29 is 31.2 Å². The smallest absolute Gasteiger partial charge is 0.352 e. The predicted molar refractivity (Wildman–Crippen MR) is 169 cm³/mol. The van der Waals surface area contributed by atoms with Crippen molar-refractivity contribution in [2.45, 2.75) is 69.8 Å². The van der Waals surface area contributed by atoms with Gasteiger partial charge in [-0.25, -0.2) is 8.42 Å². The summed E-state index contributed by atoms with van der Waals surface area (Å²) < 4.78 is 66.2. The number of amides is 2. The number of carbonyl (C=O) groups excluding carboxylic acids is 2. The van der Waals surface area contributed by atoms with Crippen LogP contribution in [0.3, 0.4) is 0 Å².